The summed E-state index contributed by atoms with van der Waals surface area (Å²) in [5.74, 6) is -0.275. The van der Waals surface area contributed by atoms with Crippen molar-refractivity contribution in [1.29, 1.82) is 0 Å². The number of H-pyrrole nitrogens is 1. The molecule has 1 aromatic carbocycles. The number of piperazine rings is 1. The van der Waals surface area contributed by atoms with Crippen LogP contribution in [0, 0.1) is 11.6 Å². The van der Waals surface area contributed by atoms with Crippen molar-refractivity contribution in [2.24, 2.45) is 0 Å². The molecule has 5 rings (SSSR count). The first-order chi connectivity index (χ1) is 15.1. The van der Waals surface area contributed by atoms with Crippen LogP contribution in [-0.2, 0) is 6.54 Å². The third kappa shape index (κ3) is 3.84. The Balaban J connectivity index is 1.43. The molecule has 1 fully saturated rings. The van der Waals surface area contributed by atoms with E-state index in [1.165, 1.54) is 12.1 Å². The maximum atomic E-state index is 14.1. The van der Waals surface area contributed by atoms with Gasteiger partial charge in [-0.25, -0.2) is 18.7 Å². The predicted octanol–water partition coefficient (Wildman–Crippen LogP) is 3.40. The molecule has 0 saturated carbocycles. The first-order valence-electron chi connectivity index (χ1n) is 10.1. The Morgan fingerprint density at radius 2 is 2.00 bits per heavy atom. The second kappa shape index (κ2) is 7.99. The number of benzene rings is 1. The molecule has 0 radical (unpaired) electrons. The molecule has 0 spiro atoms. The number of halogens is 2. The molecule has 3 aromatic heterocycles. The average Bonchev–Trinajstić information content (AvgIpc) is 3.30. The largest absolute Gasteiger partial charge is 0.350 e. The smallest absolute Gasteiger partial charge is 0.156 e. The summed E-state index contributed by atoms with van der Waals surface area (Å²) >= 11 is 0. The first-order valence-corrected chi connectivity index (χ1v) is 10.1. The van der Waals surface area contributed by atoms with Crippen LogP contribution in [0.1, 0.15) is 12.5 Å². The summed E-state index contributed by atoms with van der Waals surface area (Å²) < 4.78 is 27.3. The zero-order chi connectivity index (χ0) is 21.4. The molecule has 0 amide bonds. The Bertz CT molecular complexity index is 1210. The molecular weight excluding hydrogens is 400 g/mol. The molecule has 0 aliphatic carbocycles. The van der Waals surface area contributed by atoms with Crippen molar-refractivity contribution in [2.45, 2.75) is 19.5 Å². The fraction of sp³-hybridized carbons (Fsp3) is 0.273. The number of nitrogens with one attached hydrogen (secondary N) is 1. The number of aromatic amines is 1. The molecule has 1 N–H and O–H groups in total. The number of anilines is 1. The van der Waals surface area contributed by atoms with Crippen molar-refractivity contribution in [1.82, 2.24) is 30.0 Å². The molecule has 0 bridgehead atoms. The topological polar surface area (TPSA) is 73.8 Å². The molecule has 1 aliphatic heterocycles. The number of hydrogen-bond donors (Lipinski definition) is 1. The number of pyridine rings is 1. The normalized spacial score (nSPS) is 17.4. The van der Waals surface area contributed by atoms with Crippen LogP contribution in [0.15, 0.2) is 49.1 Å². The Hall–Kier alpha value is -3.46. The lowest BCUT2D eigenvalue weighted by atomic mass is 10.1. The Morgan fingerprint density at radius 3 is 2.77 bits per heavy atom. The number of fused-ring (bicyclic) bond motifs is 1. The number of aromatic nitrogens is 5. The maximum Gasteiger partial charge on any atom is 0.156 e. The highest BCUT2D eigenvalue weighted by atomic mass is 19.1. The molecule has 1 saturated heterocycles. The van der Waals surface area contributed by atoms with Gasteiger partial charge in [-0.2, -0.15) is 5.10 Å². The molecule has 1 unspecified atom stereocenters. The maximum absolute atomic E-state index is 14.1. The number of nitrogens with zero attached hydrogens (tertiary/aromatic N) is 6. The second-order valence-electron chi connectivity index (χ2n) is 7.76. The lowest BCUT2D eigenvalue weighted by Gasteiger charge is -2.41. The fourth-order valence-electron chi connectivity index (χ4n) is 4.05. The van der Waals surface area contributed by atoms with Crippen LogP contribution in [0.4, 0.5) is 14.6 Å². The standard InChI is InChI=1S/C22H21F2N7/c1-14-12-30(13-15-2-3-17(23)8-18(15)24)6-7-31(14)22-21(16-9-26-27-10-16)28-20-11-25-5-4-19(20)29-22/h2-5,8-11,14H,6-7,12-13H2,1H3,(H,26,27). The summed E-state index contributed by atoms with van der Waals surface area (Å²) in [6, 6.07) is 5.72. The summed E-state index contributed by atoms with van der Waals surface area (Å²) in [6.07, 6.45) is 6.94. The van der Waals surface area contributed by atoms with Crippen LogP contribution in [0.3, 0.4) is 0 Å². The third-order valence-corrected chi connectivity index (χ3v) is 5.61. The molecule has 4 aromatic rings. The fourth-order valence-corrected chi connectivity index (χ4v) is 4.05. The third-order valence-electron chi connectivity index (χ3n) is 5.61. The van der Waals surface area contributed by atoms with Gasteiger partial charge in [-0.1, -0.05) is 6.07 Å². The van der Waals surface area contributed by atoms with Gasteiger partial charge in [0.1, 0.15) is 22.8 Å². The minimum atomic E-state index is -0.559. The summed E-state index contributed by atoms with van der Waals surface area (Å²) in [4.78, 5) is 18.3. The van der Waals surface area contributed by atoms with Gasteiger partial charge in [0.15, 0.2) is 5.82 Å². The molecule has 31 heavy (non-hydrogen) atoms. The van der Waals surface area contributed by atoms with Crippen LogP contribution in [0.2, 0.25) is 0 Å². The first kappa shape index (κ1) is 19.5. The van der Waals surface area contributed by atoms with E-state index in [0.29, 0.717) is 18.7 Å². The van der Waals surface area contributed by atoms with Crippen molar-refractivity contribution < 1.29 is 8.78 Å². The van der Waals surface area contributed by atoms with Gasteiger partial charge in [0.25, 0.3) is 0 Å². The van der Waals surface area contributed by atoms with Gasteiger partial charge in [0.2, 0.25) is 0 Å². The van der Waals surface area contributed by atoms with E-state index in [9.17, 15) is 8.78 Å². The van der Waals surface area contributed by atoms with E-state index in [1.807, 2.05) is 6.07 Å². The van der Waals surface area contributed by atoms with Crippen LogP contribution in [0.5, 0.6) is 0 Å². The Morgan fingerprint density at radius 1 is 1.10 bits per heavy atom. The van der Waals surface area contributed by atoms with Gasteiger partial charge in [0.05, 0.1) is 17.9 Å². The summed E-state index contributed by atoms with van der Waals surface area (Å²) in [6.45, 7) is 4.71. The van der Waals surface area contributed by atoms with Gasteiger partial charge in [-0.05, 0) is 19.1 Å². The highest BCUT2D eigenvalue weighted by Crippen LogP contribution is 2.31. The number of rotatable bonds is 4. The Kier molecular flexibility index (Phi) is 5.03. The lowest BCUT2D eigenvalue weighted by molar-refractivity contribution is 0.217. The van der Waals surface area contributed by atoms with E-state index in [-0.39, 0.29) is 6.04 Å². The molecule has 158 valence electrons. The van der Waals surface area contributed by atoms with Gasteiger partial charge < -0.3 is 4.90 Å². The van der Waals surface area contributed by atoms with Gasteiger partial charge >= 0.3 is 0 Å². The quantitative estimate of drug-likeness (QED) is 0.545. The van der Waals surface area contributed by atoms with Crippen molar-refractivity contribution in [3.63, 3.8) is 0 Å². The Labute approximate surface area is 177 Å². The van der Waals surface area contributed by atoms with E-state index in [2.05, 4.69) is 31.9 Å². The highest BCUT2D eigenvalue weighted by Gasteiger charge is 2.28. The van der Waals surface area contributed by atoms with E-state index >= 15 is 0 Å². The van der Waals surface area contributed by atoms with Crippen molar-refractivity contribution in [3.8, 4) is 11.3 Å². The van der Waals surface area contributed by atoms with Crippen LogP contribution < -0.4 is 4.90 Å². The van der Waals surface area contributed by atoms with Crippen molar-refractivity contribution >= 4 is 16.9 Å². The second-order valence-corrected chi connectivity index (χ2v) is 7.76. The van der Waals surface area contributed by atoms with Gasteiger partial charge in [-0.15, -0.1) is 0 Å². The van der Waals surface area contributed by atoms with Crippen molar-refractivity contribution in [3.05, 3.63) is 66.3 Å². The minimum Gasteiger partial charge on any atom is -0.350 e. The summed E-state index contributed by atoms with van der Waals surface area (Å²) in [5, 5.41) is 6.90. The average molecular weight is 421 g/mol. The molecular formula is C22H21F2N7. The number of hydrogen-bond acceptors (Lipinski definition) is 6. The summed E-state index contributed by atoms with van der Waals surface area (Å²) in [7, 11) is 0. The molecule has 9 heteroatoms. The van der Waals surface area contributed by atoms with Crippen LogP contribution >= 0.6 is 0 Å². The molecule has 7 nitrogen and oxygen atoms in total. The zero-order valence-corrected chi connectivity index (χ0v) is 17.0. The molecule has 1 atom stereocenters. The monoisotopic (exact) mass is 421 g/mol. The molecule has 1 aliphatic rings. The lowest BCUT2D eigenvalue weighted by Crippen LogP contribution is -2.52. The highest BCUT2D eigenvalue weighted by molar-refractivity contribution is 5.82. The van der Waals surface area contributed by atoms with Crippen LogP contribution in [-0.4, -0.2) is 55.7 Å². The van der Waals surface area contributed by atoms with Gasteiger partial charge in [0, 0.05) is 61.8 Å². The van der Waals surface area contributed by atoms with E-state index in [1.54, 1.807) is 24.8 Å². The van der Waals surface area contributed by atoms with Gasteiger partial charge in [-0.3, -0.25) is 15.0 Å². The zero-order valence-electron chi connectivity index (χ0n) is 17.0. The molecule has 4 heterocycles. The van der Waals surface area contributed by atoms with E-state index in [4.69, 9.17) is 9.97 Å². The minimum absolute atomic E-state index is 0.122. The summed E-state index contributed by atoms with van der Waals surface area (Å²) in [5.41, 5.74) is 3.61. The van der Waals surface area contributed by atoms with E-state index < -0.39 is 11.6 Å². The van der Waals surface area contributed by atoms with Crippen molar-refractivity contribution in [2.75, 3.05) is 24.5 Å². The van der Waals surface area contributed by atoms with Crippen LogP contribution in [0.25, 0.3) is 22.3 Å². The van der Waals surface area contributed by atoms with E-state index in [0.717, 1.165) is 47.3 Å². The SMILES string of the molecule is CC1CN(Cc2ccc(F)cc2F)CCN1c1nc2ccncc2nc1-c1cn[nH]c1. The predicted molar refractivity (Wildman–Crippen MR) is 113 cm³/mol.